The summed E-state index contributed by atoms with van der Waals surface area (Å²) in [5, 5.41) is 9.04. The SMILES string of the molecule is CC[C@H](OC)c1ccc(O)cc1. The second kappa shape index (κ2) is 4.12. The summed E-state index contributed by atoms with van der Waals surface area (Å²) in [7, 11) is 1.70. The van der Waals surface area contributed by atoms with Gasteiger partial charge in [-0.05, 0) is 24.1 Å². The number of rotatable bonds is 3. The van der Waals surface area contributed by atoms with Crippen LogP contribution in [-0.4, -0.2) is 12.2 Å². The first-order valence-electron chi connectivity index (χ1n) is 4.09. The first-order valence-corrected chi connectivity index (χ1v) is 4.09. The Morgan fingerprint density at radius 2 is 1.92 bits per heavy atom. The summed E-state index contributed by atoms with van der Waals surface area (Å²) >= 11 is 0. The maximum atomic E-state index is 9.04. The molecule has 0 aromatic heterocycles. The highest BCUT2D eigenvalue weighted by Gasteiger charge is 2.06. The van der Waals surface area contributed by atoms with E-state index < -0.39 is 0 Å². The lowest BCUT2D eigenvalue weighted by Crippen LogP contribution is -1.98. The molecule has 0 aliphatic heterocycles. The molecule has 0 heterocycles. The van der Waals surface area contributed by atoms with Crippen molar-refractivity contribution in [2.24, 2.45) is 0 Å². The predicted molar refractivity (Wildman–Crippen MR) is 48.1 cm³/mol. The topological polar surface area (TPSA) is 29.5 Å². The van der Waals surface area contributed by atoms with E-state index in [2.05, 4.69) is 6.92 Å². The fourth-order valence-electron chi connectivity index (χ4n) is 1.23. The average molecular weight is 166 g/mol. The number of methoxy groups -OCH3 is 1. The largest absolute Gasteiger partial charge is 0.508 e. The zero-order valence-corrected chi connectivity index (χ0v) is 7.45. The molecule has 0 saturated heterocycles. The van der Waals surface area contributed by atoms with Gasteiger partial charge >= 0.3 is 0 Å². The van der Waals surface area contributed by atoms with Crippen molar-refractivity contribution in [1.29, 1.82) is 0 Å². The molecule has 1 rings (SSSR count). The summed E-state index contributed by atoms with van der Waals surface area (Å²) in [4.78, 5) is 0. The van der Waals surface area contributed by atoms with Crippen LogP contribution in [0.1, 0.15) is 25.0 Å². The van der Waals surface area contributed by atoms with Crippen LogP contribution in [0, 0.1) is 0 Å². The van der Waals surface area contributed by atoms with Crippen molar-refractivity contribution in [3.8, 4) is 5.75 Å². The minimum absolute atomic E-state index is 0.144. The van der Waals surface area contributed by atoms with Crippen LogP contribution in [0.15, 0.2) is 24.3 Å². The summed E-state index contributed by atoms with van der Waals surface area (Å²) in [6.45, 7) is 2.07. The van der Waals surface area contributed by atoms with Crippen LogP contribution in [0.25, 0.3) is 0 Å². The maximum absolute atomic E-state index is 9.04. The van der Waals surface area contributed by atoms with Crippen LogP contribution in [-0.2, 0) is 4.74 Å². The lowest BCUT2D eigenvalue weighted by Gasteiger charge is -2.12. The first kappa shape index (κ1) is 9.07. The molecule has 0 saturated carbocycles. The minimum Gasteiger partial charge on any atom is -0.508 e. The van der Waals surface area contributed by atoms with E-state index in [-0.39, 0.29) is 6.10 Å². The lowest BCUT2D eigenvalue weighted by molar-refractivity contribution is 0.1000. The van der Waals surface area contributed by atoms with Crippen molar-refractivity contribution in [1.82, 2.24) is 0 Å². The van der Waals surface area contributed by atoms with Gasteiger partial charge in [-0.2, -0.15) is 0 Å². The average Bonchev–Trinajstić information content (AvgIpc) is 2.10. The van der Waals surface area contributed by atoms with Crippen molar-refractivity contribution < 1.29 is 9.84 Å². The van der Waals surface area contributed by atoms with Gasteiger partial charge in [-0.15, -0.1) is 0 Å². The molecule has 0 aliphatic carbocycles. The summed E-state index contributed by atoms with van der Waals surface area (Å²) in [5.74, 6) is 0.296. The van der Waals surface area contributed by atoms with E-state index in [4.69, 9.17) is 9.84 Å². The molecule has 66 valence electrons. The van der Waals surface area contributed by atoms with Crippen LogP contribution in [0.3, 0.4) is 0 Å². The molecule has 0 amide bonds. The third-order valence-corrected chi connectivity index (χ3v) is 1.92. The fraction of sp³-hybridized carbons (Fsp3) is 0.400. The molecule has 0 unspecified atom stereocenters. The second-order valence-electron chi connectivity index (χ2n) is 2.72. The molecular weight excluding hydrogens is 152 g/mol. The van der Waals surface area contributed by atoms with Crippen molar-refractivity contribution in [2.75, 3.05) is 7.11 Å². The van der Waals surface area contributed by atoms with Gasteiger partial charge in [-0.1, -0.05) is 19.1 Å². The molecular formula is C10H14O2. The third-order valence-electron chi connectivity index (χ3n) is 1.92. The van der Waals surface area contributed by atoms with Crippen LogP contribution < -0.4 is 0 Å². The van der Waals surface area contributed by atoms with Crippen LogP contribution >= 0.6 is 0 Å². The summed E-state index contributed by atoms with van der Waals surface area (Å²) < 4.78 is 5.24. The highest BCUT2D eigenvalue weighted by atomic mass is 16.5. The lowest BCUT2D eigenvalue weighted by atomic mass is 10.1. The summed E-state index contributed by atoms with van der Waals surface area (Å²) in [6, 6.07) is 7.12. The highest BCUT2D eigenvalue weighted by molar-refractivity contribution is 5.27. The van der Waals surface area contributed by atoms with E-state index in [0.29, 0.717) is 5.75 Å². The molecule has 2 heteroatoms. The molecule has 1 N–H and O–H groups in total. The van der Waals surface area contributed by atoms with Gasteiger partial charge in [0.25, 0.3) is 0 Å². The van der Waals surface area contributed by atoms with Crippen molar-refractivity contribution >= 4 is 0 Å². The molecule has 12 heavy (non-hydrogen) atoms. The van der Waals surface area contributed by atoms with Gasteiger partial charge in [-0.3, -0.25) is 0 Å². The Labute approximate surface area is 72.8 Å². The Kier molecular flexibility index (Phi) is 3.11. The van der Waals surface area contributed by atoms with Gasteiger partial charge in [0.2, 0.25) is 0 Å². The molecule has 0 aliphatic rings. The standard InChI is InChI=1S/C10H14O2/c1-3-10(12-2)8-4-6-9(11)7-5-8/h4-7,10-11H,3H2,1-2H3/t10-/m0/s1. The van der Waals surface area contributed by atoms with Crippen LogP contribution in [0.5, 0.6) is 5.75 Å². The number of hydrogen-bond donors (Lipinski definition) is 1. The van der Waals surface area contributed by atoms with Gasteiger partial charge in [0.1, 0.15) is 5.75 Å². The van der Waals surface area contributed by atoms with Gasteiger partial charge in [0, 0.05) is 7.11 Å². The summed E-state index contributed by atoms with van der Waals surface area (Å²) in [6.07, 6.45) is 1.09. The molecule has 1 aromatic carbocycles. The number of phenols is 1. The second-order valence-corrected chi connectivity index (χ2v) is 2.72. The summed E-state index contributed by atoms with van der Waals surface area (Å²) in [5.41, 5.74) is 1.11. The Bertz CT molecular complexity index is 224. The van der Waals surface area contributed by atoms with E-state index in [0.717, 1.165) is 12.0 Å². The maximum Gasteiger partial charge on any atom is 0.115 e. The Morgan fingerprint density at radius 3 is 2.33 bits per heavy atom. The number of aromatic hydroxyl groups is 1. The van der Waals surface area contributed by atoms with Gasteiger partial charge in [0.05, 0.1) is 6.10 Å². The Hall–Kier alpha value is -1.02. The number of benzene rings is 1. The van der Waals surface area contributed by atoms with E-state index in [1.165, 1.54) is 0 Å². The predicted octanol–water partition coefficient (Wildman–Crippen LogP) is 2.49. The number of hydrogen-bond acceptors (Lipinski definition) is 2. The quantitative estimate of drug-likeness (QED) is 0.747. The molecule has 0 fully saturated rings. The molecule has 1 atom stereocenters. The molecule has 2 nitrogen and oxygen atoms in total. The zero-order valence-electron chi connectivity index (χ0n) is 7.45. The molecule has 0 radical (unpaired) electrons. The van der Waals surface area contributed by atoms with Crippen LogP contribution in [0.4, 0.5) is 0 Å². The highest BCUT2D eigenvalue weighted by Crippen LogP contribution is 2.21. The third kappa shape index (κ3) is 1.98. The Balaban J connectivity index is 2.80. The van der Waals surface area contributed by atoms with Crippen molar-refractivity contribution in [2.45, 2.75) is 19.4 Å². The Morgan fingerprint density at radius 1 is 1.33 bits per heavy atom. The van der Waals surface area contributed by atoms with E-state index in [1.54, 1.807) is 19.2 Å². The fourth-order valence-corrected chi connectivity index (χ4v) is 1.23. The molecule has 0 spiro atoms. The monoisotopic (exact) mass is 166 g/mol. The van der Waals surface area contributed by atoms with Crippen molar-refractivity contribution in [3.63, 3.8) is 0 Å². The van der Waals surface area contributed by atoms with E-state index >= 15 is 0 Å². The minimum atomic E-state index is 0.144. The zero-order chi connectivity index (χ0) is 8.97. The van der Waals surface area contributed by atoms with E-state index in [1.807, 2.05) is 12.1 Å². The number of phenolic OH excluding ortho intramolecular Hbond substituents is 1. The van der Waals surface area contributed by atoms with E-state index in [9.17, 15) is 0 Å². The number of ether oxygens (including phenoxy) is 1. The van der Waals surface area contributed by atoms with Gasteiger partial charge in [0.15, 0.2) is 0 Å². The molecule has 1 aromatic rings. The normalized spacial score (nSPS) is 12.8. The smallest absolute Gasteiger partial charge is 0.115 e. The van der Waals surface area contributed by atoms with Crippen molar-refractivity contribution in [3.05, 3.63) is 29.8 Å². The van der Waals surface area contributed by atoms with Crippen LogP contribution in [0.2, 0.25) is 0 Å². The molecule has 0 bridgehead atoms. The first-order chi connectivity index (χ1) is 5.77. The van der Waals surface area contributed by atoms with Gasteiger partial charge in [-0.25, -0.2) is 0 Å². The van der Waals surface area contributed by atoms with Gasteiger partial charge < -0.3 is 9.84 Å².